The van der Waals surface area contributed by atoms with Gasteiger partial charge in [-0.25, -0.2) is 4.79 Å². The highest BCUT2D eigenvalue weighted by atomic mass is 16.4. The van der Waals surface area contributed by atoms with Gasteiger partial charge in [-0.1, -0.05) is 6.08 Å². The molecule has 1 rings (SSSR count). The molecule has 0 saturated carbocycles. The van der Waals surface area contributed by atoms with Crippen molar-refractivity contribution in [2.75, 3.05) is 6.54 Å². The lowest BCUT2D eigenvalue weighted by Gasteiger charge is -2.34. The van der Waals surface area contributed by atoms with E-state index in [0.29, 0.717) is 19.4 Å². The van der Waals surface area contributed by atoms with Crippen LogP contribution >= 0.6 is 0 Å². The Kier molecular flexibility index (Phi) is 4.49. The molecule has 1 heterocycles. The van der Waals surface area contributed by atoms with E-state index in [-0.39, 0.29) is 5.91 Å². The third-order valence-corrected chi connectivity index (χ3v) is 2.81. The summed E-state index contributed by atoms with van der Waals surface area (Å²) in [5.74, 6) is -1.23. The van der Waals surface area contributed by atoms with E-state index in [0.717, 1.165) is 12.8 Å². The van der Waals surface area contributed by atoms with Crippen molar-refractivity contribution in [2.45, 2.75) is 37.8 Å². The van der Waals surface area contributed by atoms with Gasteiger partial charge in [0, 0.05) is 6.54 Å². The SMILES string of the molecule is C=CCC(N)C(=O)N1CCCC[C@H]1C(=O)O. The Morgan fingerprint density at radius 1 is 1.56 bits per heavy atom. The minimum Gasteiger partial charge on any atom is -0.480 e. The summed E-state index contributed by atoms with van der Waals surface area (Å²) in [5, 5.41) is 9.01. The summed E-state index contributed by atoms with van der Waals surface area (Å²) >= 11 is 0. The van der Waals surface area contributed by atoms with Gasteiger partial charge < -0.3 is 15.7 Å². The van der Waals surface area contributed by atoms with Crippen LogP contribution < -0.4 is 5.73 Å². The lowest BCUT2D eigenvalue weighted by atomic mass is 10.0. The zero-order chi connectivity index (χ0) is 12.1. The Balaban J connectivity index is 2.70. The van der Waals surface area contributed by atoms with Crippen LogP contribution in [-0.4, -0.2) is 40.5 Å². The minimum absolute atomic E-state index is 0.285. The van der Waals surface area contributed by atoms with Gasteiger partial charge in [0.05, 0.1) is 6.04 Å². The highest BCUT2D eigenvalue weighted by Gasteiger charge is 2.33. The summed E-state index contributed by atoms with van der Waals surface area (Å²) in [6, 6.07) is -1.38. The number of carbonyl (C=O) groups excluding carboxylic acids is 1. The van der Waals surface area contributed by atoms with Crippen molar-refractivity contribution < 1.29 is 14.7 Å². The first kappa shape index (κ1) is 12.7. The van der Waals surface area contributed by atoms with Crippen LogP contribution in [0.2, 0.25) is 0 Å². The fourth-order valence-electron chi connectivity index (χ4n) is 1.95. The van der Waals surface area contributed by atoms with E-state index in [2.05, 4.69) is 6.58 Å². The van der Waals surface area contributed by atoms with Crippen LogP contribution in [0.1, 0.15) is 25.7 Å². The van der Waals surface area contributed by atoms with Crippen molar-refractivity contribution >= 4 is 11.9 Å². The van der Waals surface area contributed by atoms with E-state index in [9.17, 15) is 9.59 Å². The van der Waals surface area contributed by atoms with Crippen LogP contribution in [-0.2, 0) is 9.59 Å². The van der Waals surface area contributed by atoms with Crippen LogP contribution in [0.5, 0.6) is 0 Å². The average Bonchev–Trinajstić information content (AvgIpc) is 2.28. The Bertz CT molecular complexity index is 291. The zero-order valence-electron chi connectivity index (χ0n) is 9.26. The summed E-state index contributed by atoms with van der Waals surface area (Å²) in [7, 11) is 0. The number of hydrogen-bond donors (Lipinski definition) is 2. The predicted molar refractivity (Wildman–Crippen MR) is 59.8 cm³/mol. The number of nitrogens with two attached hydrogens (primary N) is 1. The van der Waals surface area contributed by atoms with Crippen LogP contribution in [0.4, 0.5) is 0 Å². The molecule has 90 valence electrons. The molecule has 0 aromatic carbocycles. The molecule has 0 bridgehead atoms. The molecule has 1 aliphatic heterocycles. The number of carboxylic acids is 1. The van der Waals surface area contributed by atoms with Gasteiger partial charge >= 0.3 is 5.97 Å². The fourth-order valence-corrected chi connectivity index (χ4v) is 1.95. The first-order valence-corrected chi connectivity index (χ1v) is 5.47. The monoisotopic (exact) mass is 226 g/mol. The molecule has 1 aliphatic rings. The summed E-state index contributed by atoms with van der Waals surface area (Å²) in [5.41, 5.74) is 5.67. The molecule has 0 aliphatic carbocycles. The van der Waals surface area contributed by atoms with Gasteiger partial charge in [0.25, 0.3) is 0 Å². The van der Waals surface area contributed by atoms with E-state index < -0.39 is 18.1 Å². The Morgan fingerprint density at radius 2 is 2.25 bits per heavy atom. The quantitative estimate of drug-likeness (QED) is 0.678. The molecule has 1 saturated heterocycles. The number of likely N-dealkylation sites (tertiary alicyclic amines) is 1. The Morgan fingerprint density at radius 3 is 2.81 bits per heavy atom. The van der Waals surface area contributed by atoms with Crippen molar-refractivity contribution in [1.82, 2.24) is 4.90 Å². The maximum Gasteiger partial charge on any atom is 0.326 e. The molecule has 0 radical (unpaired) electrons. The van der Waals surface area contributed by atoms with E-state index in [1.807, 2.05) is 0 Å². The van der Waals surface area contributed by atoms with Crippen LogP contribution in [0.15, 0.2) is 12.7 Å². The maximum atomic E-state index is 11.9. The van der Waals surface area contributed by atoms with Crippen LogP contribution in [0, 0.1) is 0 Å². The largest absolute Gasteiger partial charge is 0.480 e. The second kappa shape index (κ2) is 5.65. The molecular weight excluding hydrogens is 208 g/mol. The second-order valence-electron chi connectivity index (χ2n) is 4.01. The topological polar surface area (TPSA) is 83.6 Å². The standard InChI is InChI=1S/C11H18N2O3/c1-2-5-8(12)10(14)13-7-4-3-6-9(13)11(15)16/h2,8-9H,1,3-7,12H2,(H,15,16)/t8?,9-/m0/s1. The third kappa shape index (κ3) is 2.82. The molecular formula is C11H18N2O3. The van der Waals surface area contributed by atoms with Gasteiger partial charge in [-0.15, -0.1) is 6.58 Å². The molecule has 5 nitrogen and oxygen atoms in total. The van der Waals surface area contributed by atoms with Gasteiger partial charge in [-0.3, -0.25) is 4.79 Å². The van der Waals surface area contributed by atoms with Crippen molar-refractivity contribution in [3.8, 4) is 0 Å². The normalized spacial score (nSPS) is 22.6. The number of rotatable bonds is 4. The molecule has 1 unspecified atom stereocenters. The van der Waals surface area contributed by atoms with Crippen molar-refractivity contribution in [3.63, 3.8) is 0 Å². The lowest BCUT2D eigenvalue weighted by molar-refractivity contribution is -0.152. The fraction of sp³-hybridized carbons (Fsp3) is 0.636. The molecule has 3 N–H and O–H groups in total. The number of piperidine rings is 1. The number of amides is 1. The second-order valence-corrected chi connectivity index (χ2v) is 4.01. The third-order valence-electron chi connectivity index (χ3n) is 2.81. The predicted octanol–water partition coefficient (Wildman–Crippen LogP) is 0.355. The van der Waals surface area contributed by atoms with Crippen LogP contribution in [0.3, 0.4) is 0 Å². The highest BCUT2D eigenvalue weighted by molar-refractivity contribution is 5.87. The van der Waals surface area contributed by atoms with Crippen molar-refractivity contribution in [3.05, 3.63) is 12.7 Å². The van der Waals surface area contributed by atoms with Crippen molar-refractivity contribution in [1.29, 1.82) is 0 Å². The molecule has 1 fully saturated rings. The Hall–Kier alpha value is -1.36. The van der Waals surface area contributed by atoms with Gasteiger partial charge in [-0.05, 0) is 25.7 Å². The number of hydrogen-bond acceptors (Lipinski definition) is 3. The minimum atomic E-state index is -0.946. The number of aliphatic carboxylic acids is 1. The molecule has 1 amide bonds. The summed E-state index contributed by atoms with van der Waals surface area (Å²) in [6.07, 6.45) is 4.15. The van der Waals surface area contributed by atoms with E-state index in [1.54, 1.807) is 6.08 Å². The Labute approximate surface area is 94.9 Å². The van der Waals surface area contributed by atoms with Gasteiger partial charge in [0.15, 0.2) is 0 Å². The van der Waals surface area contributed by atoms with Gasteiger partial charge in [0.1, 0.15) is 6.04 Å². The van der Waals surface area contributed by atoms with Crippen molar-refractivity contribution in [2.24, 2.45) is 5.73 Å². The molecule has 0 aromatic rings. The molecule has 0 spiro atoms. The smallest absolute Gasteiger partial charge is 0.326 e. The van der Waals surface area contributed by atoms with E-state index in [4.69, 9.17) is 10.8 Å². The molecule has 2 atom stereocenters. The number of nitrogens with zero attached hydrogens (tertiary/aromatic N) is 1. The first-order chi connectivity index (χ1) is 7.57. The molecule has 0 aromatic heterocycles. The zero-order valence-corrected chi connectivity index (χ0v) is 9.26. The van der Waals surface area contributed by atoms with E-state index >= 15 is 0 Å². The number of carboxylic acid groups (broad SMARTS) is 1. The lowest BCUT2D eigenvalue weighted by Crippen LogP contribution is -2.53. The molecule has 5 heteroatoms. The highest BCUT2D eigenvalue weighted by Crippen LogP contribution is 2.18. The van der Waals surface area contributed by atoms with Gasteiger partial charge in [-0.2, -0.15) is 0 Å². The van der Waals surface area contributed by atoms with Crippen LogP contribution in [0.25, 0.3) is 0 Å². The van der Waals surface area contributed by atoms with Gasteiger partial charge in [0.2, 0.25) is 5.91 Å². The number of carbonyl (C=O) groups is 2. The summed E-state index contributed by atoms with van der Waals surface area (Å²) in [6.45, 7) is 4.00. The van der Waals surface area contributed by atoms with E-state index in [1.165, 1.54) is 4.90 Å². The first-order valence-electron chi connectivity index (χ1n) is 5.47. The average molecular weight is 226 g/mol. The maximum absolute atomic E-state index is 11.9. The molecule has 16 heavy (non-hydrogen) atoms. The summed E-state index contributed by atoms with van der Waals surface area (Å²) < 4.78 is 0. The summed E-state index contributed by atoms with van der Waals surface area (Å²) in [4.78, 5) is 24.3.